The van der Waals surface area contributed by atoms with E-state index in [0.717, 1.165) is 11.3 Å². The normalized spacial score (nSPS) is 10.3. The van der Waals surface area contributed by atoms with Crippen molar-refractivity contribution in [3.05, 3.63) is 40.6 Å². The summed E-state index contributed by atoms with van der Waals surface area (Å²) in [5.41, 5.74) is 9.14. The van der Waals surface area contributed by atoms with Gasteiger partial charge in [-0.3, -0.25) is 0 Å². The third kappa shape index (κ3) is 2.03. The van der Waals surface area contributed by atoms with Gasteiger partial charge in [-0.15, -0.1) is 0 Å². The molecule has 1 aromatic carbocycles. The third-order valence-electron chi connectivity index (χ3n) is 2.35. The van der Waals surface area contributed by atoms with Crippen LogP contribution in [0.15, 0.2) is 35.0 Å². The Morgan fingerprint density at radius 1 is 1.27 bits per heavy atom. The minimum absolute atomic E-state index is 0.501. The molecule has 1 heterocycles. The Balaban J connectivity index is 2.43. The van der Waals surface area contributed by atoms with Crippen molar-refractivity contribution in [3.8, 4) is 16.9 Å². The second kappa shape index (κ2) is 4.47. The van der Waals surface area contributed by atoms with Crippen molar-refractivity contribution in [2.75, 3.05) is 7.11 Å². The summed E-state index contributed by atoms with van der Waals surface area (Å²) in [5.74, 6) is 0.858. The van der Waals surface area contributed by atoms with Gasteiger partial charge >= 0.3 is 0 Å². The fourth-order valence-corrected chi connectivity index (χ4v) is 2.21. The lowest BCUT2D eigenvalue weighted by Gasteiger charge is -2.08. The Morgan fingerprint density at radius 3 is 2.73 bits per heavy atom. The van der Waals surface area contributed by atoms with E-state index < -0.39 is 0 Å². The molecule has 0 fully saturated rings. The summed E-state index contributed by atoms with van der Waals surface area (Å²) >= 11 is 1.70. The molecule has 2 nitrogen and oxygen atoms in total. The molecule has 15 heavy (non-hydrogen) atoms. The molecule has 0 radical (unpaired) electrons. The molecule has 3 heteroatoms. The van der Waals surface area contributed by atoms with Crippen LogP contribution in [0.2, 0.25) is 0 Å². The maximum absolute atomic E-state index is 5.67. The van der Waals surface area contributed by atoms with Crippen molar-refractivity contribution in [3.63, 3.8) is 0 Å². The lowest BCUT2D eigenvalue weighted by molar-refractivity contribution is 0.410. The number of rotatable bonds is 3. The first-order chi connectivity index (χ1) is 7.35. The summed E-state index contributed by atoms with van der Waals surface area (Å²) in [6, 6.07) is 8.21. The van der Waals surface area contributed by atoms with Crippen molar-refractivity contribution < 1.29 is 4.74 Å². The standard InChI is InChI=1S/C12H13NOS/c1-14-12-3-2-9(6-11(12)7-13)10-4-5-15-8-10/h2-6,8H,7,13H2,1H3. The molecule has 1 aromatic heterocycles. The Labute approximate surface area is 93.3 Å². The van der Waals surface area contributed by atoms with Crippen LogP contribution in [0, 0.1) is 0 Å². The number of ether oxygens (including phenoxy) is 1. The minimum atomic E-state index is 0.501. The second-order valence-corrected chi connectivity index (χ2v) is 4.02. The average Bonchev–Trinajstić information content (AvgIpc) is 2.81. The zero-order valence-electron chi connectivity index (χ0n) is 8.57. The fraction of sp³-hybridized carbons (Fsp3) is 0.167. The van der Waals surface area contributed by atoms with E-state index in [-0.39, 0.29) is 0 Å². The summed E-state index contributed by atoms with van der Waals surface area (Å²) in [6.07, 6.45) is 0. The number of thiophene rings is 1. The predicted molar refractivity (Wildman–Crippen MR) is 64.2 cm³/mol. The summed E-state index contributed by atoms with van der Waals surface area (Å²) in [7, 11) is 1.67. The Hall–Kier alpha value is -1.32. The molecule has 0 bridgehead atoms. The second-order valence-electron chi connectivity index (χ2n) is 3.24. The van der Waals surface area contributed by atoms with Crippen LogP contribution in [0.5, 0.6) is 5.75 Å². The van der Waals surface area contributed by atoms with E-state index in [1.165, 1.54) is 11.1 Å². The molecule has 0 aliphatic heterocycles. The van der Waals surface area contributed by atoms with Gasteiger partial charge < -0.3 is 10.5 Å². The highest BCUT2D eigenvalue weighted by Crippen LogP contribution is 2.27. The zero-order valence-corrected chi connectivity index (χ0v) is 9.38. The predicted octanol–water partition coefficient (Wildman–Crippen LogP) is 2.88. The lowest BCUT2D eigenvalue weighted by atomic mass is 10.1. The maximum atomic E-state index is 5.67. The largest absolute Gasteiger partial charge is 0.496 e. The summed E-state index contributed by atoms with van der Waals surface area (Å²) < 4.78 is 5.23. The van der Waals surface area contributed by atoms with Gasteiger partial charge in [-0.05, 0) is 40.1 Å². The van der Waals surface area contributed by atoms with Crippen LogP contribution in [-0.2, 0) is 6.54 Å². The SMILES string of the molecule is COc1ccc(-c2ccsc2)cc1CN. The molecule has 0 saturated carbocycles. The van der Waals surface area contributed by atoms with Gasteiger partial charge in [0.15, 0.2) is 0 Å². The highest BCUT2D eigenvalue weighted by Gasteiger charge is 2.04. The van der Waals surface area contributed by atoms with Gasteiger partial charge in [0.1, 0.15) is 5.75 Å². The van der Waals surface area contributed by atoms with Gasteiger partial charge in [0.2, 0.25) is 0 Å². The summed E-state index contributed by atoms with van der Waals surface area (Å²) in [5, 5.41) is 4.20. The van der Waals surface area contributed by atoms with Gasteiger partial charge in [-0.2, -0.15) is 11.3 Å². The van der Waals surface area contributed by atoms with Crippen molar-refractivity contribution in [2.24, 2.45) is 5.73 Å². The lowest BCUT2D eigenvalue weighted by Crippen LogP contribution is -1.99. The molecule has 0 atom stereocenters. The van der Waals surface area contributed by atoms with Crippen molar-refractivity contribution in [1.82, 2.24) is 0 Å². The molecule has 2 rings (SSSR count). The van der Waals surface area contributed by atoms with Crippen molar-refractivity contribution in [1.29, 1.82) is 0 Å². The Morgan fingerprint density at radius 2 is 2.13 bits per heavy atom. The van der Waals surface area contributed by atoms with E-state index in [9.17, 15) is 0 Å². The summed E-state index contributed by atoms with van der Waals surface area (Å²) in [6.45, 7) is 0.501. The van der Waals surface area contributed by atoms with Crippen LogP contribution in [0.4, 0.5) is 0 Å². The quantitative estimate of drug-likeness (QED) is 0.861. The maximum Gasteiger partial charge on any atom is 0.123 e. The molecule has 0 aliphatic carbocycles. The van der Waals surface area contributed by atoms with Crippen LogP contribution >= 0.6 is 11.3 Å². The number of methoxy groups -OCH3 is 1. The highest BCUT2D eigenvalue weighted by molar-refractivity contribution is 7.08. The number of benzene rings is 1. The topological polar surface area (TPSA) is 35.2 Å². The number of nitrogens with two attached hydrogens (primary N) is 1. The smallest absolute Gasteiger partial charge is 0.123 e. The highest BCUT2D eigenvalue weighted by atomic mass is 32.1. The number of hydrogen-bond acceptors (Lipinski definition) is 3. The molecule has 0 aliphatic rings. The van der Waals surface area contributed by atoms with Crippen molar-refractivity contribution >= 4 is 11.3 Å². The van der Waals surface area contributed by atoms with E-state index in [2.05, 4.69) is 29.0 Å². The van der Waals surface area contributed by atoms with Gasteiger partial charge in [0.05, 0.1) is 7.11 Å². The van der Waals surface area contributed by atoms with Gasteiger partial charge in [0.25, 0.3) is 0 Å². The first kappa shape index (κ1) is 10.2. The summed E-state index contributed by atoms with van der Waals surface area (Å²) in [4.78, 5) is 0. The van der Waals surface area contributed by atoms with Crippen LogP contribution in [0.25, 0.3) is 11.1 Å². The molecule has 0 unspecified atom stereocenters. The van der Waals surface area contributed by atoms with E-state index >= 15 is 0 Å². The fourth-order valence-electron chi connectivity index (χ4n) is 1.55. The monoisotopic (exact) mass is 219 g/mol. The van der Waals surface area contributed by atoms with Gasteiger partial charge in [-0.1, -0.05) is 6.07 Å². The molecule has 2 aromatic rings. The van der Waals surface area contributed by atoms with Crippen molar-refractivity contribution in [2.45, 2.75) is 6.54 Å². The molecule has 0 spiro atoms. The van der Waals surface area contributed by atoms with Crippen LogP contribution in [-0.4, -0.2) is 7.11 Å². The van der Waals surface area contributed by atoms with Crippen LogP contribution in [0.3, 0.4) is 0 Å². The van der Waals surface area contributed by atoms with E-state index in [1.54, 1.807) is 18.4 Å². The van der Waals surface area contributed by atoms with E-state index in [1.807, 2.05) is 6.07 Å². The average molecular weight is 219 g/mol. The first-order valence-corrected chi connectivity index (χ1v) is 5.69. The molecule has 2 N–H and O–H groups in total. The van der Waals surface area contributed by atoms with Crippen LogP contribution in [0.1, 0.15) is 5.56 Å². The molecule has 0 amide bonds. The first-order valence-electron chi connectivity index (χ1n) is 4.74. The Kier molecular flexibility index (Phi) is 3.04. The Bertz CT molecular complexity index is 437. The zero-order chi connectivity index (χ0) is 10.7. The van der Waals surface area contributed by atoms with E-state index in [0.29, 0.717) is 6.54 Å². The van der Waals surface area contributed by atoms with Crippen LogP contribution < -0.4 is 10.5 Å². The van der Waals surface area contributed by atoms with Gasteiger partial charge in [-0.25, -0.2) is 0 Å². The van der Waals surface area contributed by atoms with E-state index in [4.69, 9.17) is 10.5 Å². The van der Waals surface area contributed by atoms with Gasteiger partial charge in [0, 0.05) is 12.1 Å². The third-order valence-corrected chi connectivity index (χ3v) is 3.04. The molecule has 0 saturated heterocycles. The number of hydrogen-bond donors (Lipinski definition) is 1. The molecular weight excluding hydrogens is 206 g/mol. The molecule has 78 valence electrons. The molecular formula is C12H13NOS. The minimum Gasteiger partial charge on any atom is -0.496 e.